The van der Waals surface area contributed by atoms with E-state index in [0.717, 1.165) is 18.3 Å². The standard InChI is InChI=1S/C14H9F4IN2O/c15-8-1-2-10(11(16)3-8)13(7-22-13)14(17,18)12-6-20-9(4-19)5-21-12/h1-3,5-6H,4,7H2. The lowest BCUT2D eigenvalue weighted by Gasteiger charge is -2.23. The maximum atomic E-state index is 14.7. The Kier molecular flexibility index (Phi) is 3.84. The van der Waals surface area contributed by atoms with Gasteiger partial charge in [0.2, 0.25) is 0 Å². The first-order valence-corrected chi connectivity index (χ1v) is 7.78. The lowest BCUT2D eigenvalue weighted by atomic mass is 9.90. The maximum absolute atomic E-state index is 14.7. The quantitative estimate of drug-likeness (QED) is 0.325. The molecule has 0 amide bonds. The van der Waals surface area contributed by atoms with Crippen molar-refractivity contribution in [3.63, 3.8) is 0 Å². The summed E-state index contributed by atoms with van der Waals surface area (Å²) in [6.45, 7) is -0.377. The molecule has 1 fully saturated rings. The summed E-state index contributed by atoms with van der Waals surface area (Å²) in [6.07, 6.45) is 2.20. The second kappa shape index (κ2) is 5.41. The summed E-state index contributed by atoms with van der Waals surface area (Å²) < 4.78 is 61.7. The predicted octanol–water partition coefficient (Wildman–Crippen LogP) is 3.71. The van der Waals surface area contributed by atoms with Gasteiger partial charge in [0.15, 0.2) is 5.60 Å². The van der Waals surface area contributed by atoms with Crippen LogP contribution in [0.1, 0.15) is 17.0 Å². The van der Waals surface area contributed by atoms with Gasteiger partial charge in [0.25, 0.3) is 0 Å². The molecule has 0 radical (unpaired) electrons. The van der Waals surface area contributed by atoms with Gasteiger partial charge in [-0.25, -0.2) is 8.78 Å². The number of rotatable bonds is 4. The highest BCUT2D eigenvalue weighted by Crippen LogP contribution is 2.56. The van der Waals surface area contributed by atoms with E-state index in [4.69, 9.17) is 4.74 Å². The van der Waals surface area contributed by atoms with Crippen LogP contribution in [0.15, 0.2) is 30.6 Å². The monoisotopic (exact) mass is 424 g/mol. The van der Waals surface area contributed by atoms with Crippen molar-refractivity contribution in [1.82, 2.24) is 9.97 Å². The average molecular weight is 424 g/mol. The zero-order chi connectivity index (χ0) is 16.0. The molecule has 0 saturated carbocycles. The van der Waals surface area contributed by atoms with Crippen molar-refractivity contribution in [3.05, 3.63) is 59.2 Å². The fourth-order valence-electron chi connectivity index (χ4n) is 2.19. The number of nitrogens with zero attached hydrogens (tertiary/aromatic N) is 2. The van der Waals surface area contributed by atoms with Crippen LogP contribution in [0.3, 0.4) is 0 Å². The van der Waals surface area contributed by atoms with Crippen LogP contribution in [0.2, 0.25) is 0 Å². The topological polar surface area (TPSA) is 38.3 Å². The molecule has 1 unspecified atom stereocenters. The van der Waals surface area contributed by atoms with E-state index in [-0.39, 0.29) is 6.61 Å². The molecule has 1 atom stereocenters. The van der Waals surface area contributed by atoms with Gasteiger partial charge in [-0.2, -0.15) is 8.78 Å². The molecule has 0 spiro atoms. The zero-order valence-corrected chi connectivity index (χ0v) is 13.2. The summed E-state index contributed by atoms with van der Waals surface area (Å²) in [6, 6.07) is 2.45. The average Bonchev–Trinajstić information content (AvgIpc) is 3.29. The van der Waals surface area contributed by atoms with Crippen molar-refractivity contribution in [2.24, 2.45) is 0 Å². The lowest BCUT2D eigenvalue weighted by molar-refractivity contribution is -0.0904. The molecule has 0 aliphatic carbocycles. The molecule has 3 nitrogen and oxygen atoms in total. The normalized spacial score (nSPS) is 21.0. The third kappa shape index (κ3) is 2.37. The van der Waals surface area contributed by atoms with Crippen molar-refractivity contribution in [2.75, 3.05) is 6.61 Å². The Balaban J connectivity index is 2.03. The molecule has 116 valence electrons. The van der Waals surface area contributed by atoms with Crippen LogP contribution in [0, 0.1) is 11.6 Å². The summed E-state index contributed by atoms with van der Waals surface area (Å²) in [5.74, 6) is -5.50. The minimum atomic E-state index is -3.58. The number of aromatic nitrogens is 2. The van der Waals surface area contributed by atoms with Crippen LogP contribution >= 0.6 is 22.6 Å². The number of alkyl halides is 3. The molecule has 0 bridgehead atoms. The van der Waals surface area contributed by atoms with Gasteiger partial charge in [0.05, 0.1) is 18.5 Å². The van der Waals surface area contributed by atoms with Crippen molar-refractivity contribution < 1.29 is 22.3 Å². The molecule has 2 heterocycles. The van der Waals surface area contributed by atoms with Crippen LogP contribution in [0.4, 0.5) is 17.6 Å². The number of benzene rings is 1. The number of hydrogen-bond donors (Lipinski definition) is 0. The third-order valence-electron chi connectivity index (χ3n) is 3.47. The Bertz CT molecular complexity index is 704. The van der Waals surface area contributed by atoms with E-state index < -0.39 is 34.4 Å². The summed E-state index contributed by atoms with van der Waals surface area (Å²) in [5.41, 5.74) is -2.61. The van der Waals surface area contributed by atoms with E-state index in [1.54, 1.807) is 0 Å². The predicted molar refractivity (Wildman–Crippen MR) is 77.6 cm³/mol. The number of halogens is 5. The van der Waals surface area contributed by atoms with Crippen molar-refractivity contribution in [1.29, 1.82) is 0 Å². The SMILES string of the molecule is Fc1ccc(C2(C(F)(F)c3cnc(CI)cn3)CO2)c(F)c1. The second-order valence-corrected chi connectivity index (χ2v) is 5.60. The van der Waals surface area contributed by atoms with Gasteiger partial charge in [-0.1, -0.05) is 22.6 Å². The first kappa shape index (κ1) is 15.6. The molecule has 1 aliphatic rings. The smallest absolute Gasteiger partial charge is 0.325 e. The Labute approximate surface area is 136 Å². The van der Waals surface area contributed by atoms with Gasteiger partial charge in [0, 0.05) is 22.3 Å². The van der Waals surface area contributed by atoms with E-state index >= 15 is 0 Å². The van der Waals surface area contributed by atoms with Crippen molar-refractivity contribution in [2.45, 2.75) is 16.0 Å². The summed E-state index contributed by atoms with van der Waals surface area (Å²) >= 11 is 2.03. The van der Waals surface area contributed by atoms with E-state index in [1.807, 2.05) is 22.6 Å². The maximum Gasteiger partial charge on any atom is 0.325 e. The second-order valence-electron chi connectivity index (χ2n) is 4.84. The highest BCUT2D eigenvalue weighted by atomic mass is 127. The molecular weight excluding hydrogens is 415 g/mol. The molecule has 3 rings (SSSR count). The molecule has 22 heavy (non-hydrogen) atoms. The lowest BCUT2D eigenvalue weighted by Crippen LogP contribution is -2.34. The zero-order valence-electron chi connectivity index (χ0n) is 11.0. The van der Waals surface area contributed by atoms with Gasteiger partial charge in [0.1, 0.15) is 17.3 Å². The van der Waals surface area contributed by atoms with Crippen LogP contribution in [-0.4, -0.2) is 16.6 Å². The molecule has 1 aromatic heterocycles. The van der Waals surface area contributed by atoms with Crippen LogP contribution in [0.5, 0.6) is 0 Å². The van der Waals surface area contributed by atoms with E-state index in [0.29, 0.717) is 16.2 Å². The summed E-state index contributed by atoms with van der Waals surface area (Å²) in [7, 11) is 0. The Morgan fingerprint density at radius 2 is 1.95 bits per heavy atom. The van der Waals surface area contributed by atoms with Gasteiger partial charge in [-0.15, -0.1) is 0 Å². The molecule has 1 aliphatic heterocycles. The molecule has 1 saturated heterocycles. The molecule has 1 aromatic carbocycles. The first-order chi connectivity index (χ1) is 10.4. The van der Waals surface area contributed by atoms with Gasteiger partial charge in [-0.3, -0.25) is 9.97 Å². The van der Waals surface area contributed by atoms with E-state index in [9.17, 15) is 17.6 Å². The van der Waals surface area contributed by atoms with Crippen molar-refractivity contribution in [3.8, 4) is 0 Å². The van der Waals surface area contributed by atoms with Crippen LogP contribution in [-0.2, 0) is 20.7 Å². The molecule has 8 heteroatoms. The molecule has 2 aromatic rings. The van der Waals surface area contributed by atoms with E-state index in [2.05, 4.69) is 9.97 Å². The number of ether oxygens (including phenoxy) is 1. The van der Waals surface area contributed by atoms with Gasteiger partial charge >= 0.3 is 5.92 Å². The minimum Gasteiger partial charge on any atom is -0.357 e. The summed E-state index contributed by atoms with van der Waals surface area (Å²) in [5, 5.41) is 0. The fourth-order valence-corrected chi connectivity index (χ4v) is 2.58. The molecular formula is C14H9F4IN2O. The van der Waals surface area contributed by atoms with E-state index in [1.165, 1.54) is 6.20 Å². The summed E-state index contributed by atoms with van der Waals surface area (Å²) in [4.78, 5) is 7.58. The van der Waals surface area contributed by atoms with Crippen LogP contribution in [0.25, 0.3) is 0 Å². The van der Waals surface area contributed by atoms with Gasteiger partial charge in [-0.05, 0) is 12.1 Å². The fraction of sp³-hybridized carbons (Fsp3) is 0.286. The Morgan fingerprint density at radius 3 is 2.45 bits per heavy atom. The first-order valence-electron chi connectivity index (χ1n) is 6.25. The third-order valence-corrected chi connectivity index (χ3v) is 4.25. The number of hydrogen-bond acceptors (Lipinski definition) is 3. The van der Waals surface area contributed by atoms with Gasteiger partial charge < -0.3 is 4.74 Å². The Morgan fingerprint density at radius 1 is 1.23 bits per heavy atom. The van der Waals surface area contributed by atoms with Crippen molar-refractivity contribution >= 4 is 22.6 Å². The Hall–Kier alpha value is -1.29. The number of epoxide rings is 1. The molecule has 0 N–H and O–H groups in total. The largest absolute Gasteiger partial charge is 0.357 e. The minimum absolute atomic E-state index is 0.377. The van der Waals surface area contributed by atoms with Crippen LogP contribution < -0.4 is 0 Å². The highest BCUT2D eigenvalue weighted by molar-refractivity contribution is 14.1. The highest BCUT2D eigenvalue weighted by Gasteiger charge is 2.68.